The first kappa shape index (κ1) is 23.4. The molecule has 2 atom stereocenters. The first-order valence-electron chi connectivity index (χ1n) is 10.9. The summed E-state index contributed by atoms with van der Waals surface area (Å²) in [5, 5.41) is 0. The van der Waals surface area contributed by atoms with Crippen molar-refractivity contribution in [3.63, 3.8) is 0 Å². The van der Waals surface area contributed by atoms with Crippen LogP contribution >= 0.6 is 0 Å². The van der Waals surface area contributed by atoms with E-state index in [-0.39, 0.29) is 24.8 Å². The molecular weight excluding hydrogens is 408 g/mol. The third-order valence-electron chi connectivity index (χ3n) is 5.81. The van der Waals surface area contributed by atoms with Crippen molar-refractivity contribution < 1.29 is 28.7 Å². The van der Waals surface area contributed by atoms with Crippen LogP contribution < -0.4 is 0 Å². The fraction of sp³-hybridized carbons (Fsp3) is 0.385. The average Bonchev–Trinajstić information content (AvgIpc) is 2.81. The number of ketones is 2. The highest BCUT2D eigenvalue weighted by Crippen LogP contribution is 2.32. The summed E-state index contributed by atoms with van der Waals surface area (Å²) in [6, 6.07) is 14.0. The monoisotopic (exact) mass is 436 g/mol. The van der Waals surface area contributed by atoms with Gasteiger partial charge in [-0.1, -0.05) is 72.5 Å². The van der Waals surface area contributed by atoms with Crippen LogP contribution in [0.5, 0.6) is 0 Å². The van der Waals surface area contributed by atoms with E-state index in [0.29, 0.717) is 24.0 Å². The molecule has 0 spiro atoms. The van der Waals surface area contributed by atoms with E-state index in [1.165, 1.54) is 0 Å². The van der Waals surface area contributed by atoms with Crippen LogP contribution in [0.15, 0.2) is 48.5 Å². The normalized spacial score (nSPS) is 17.9. The number of esters is 2. The third kappa shape index (κ3) is 6.13. The highest BCUT2D eigenvalue weighted by molar-refractivity contribution is 5.99. The van der Waals surface area contributed by atoms with Crippen molar-refractivity contribution in [1.82, 2.24) is 0 Å². The molecule has 0 bridgehead atoms. The second-order valence-electron chi connectivity index (χ2n) is 8.29. The predicted molar refractivity (Wildman–Crippen MR) is 118 cm³/mol. The molecule has 2 unspecified atom stereocenters. The zero-order valence-electron chi connectivity index (χ0n) is 18.5. The van der Waals surface area contributed by atoms with E-state index < -0.39 is 23.8 Å². The fourth-order valence-electron chi connectivity index (χ4n) is 3.83. The molecule has 6 heteroatoms. The number of Topliss-reactive ketones (excluding diaryl/α,β-unsaturated/α-hetero) is 2. The minimum absolute atomic E-state index is 0.294. The Kier molecular flexibility index (Phi) is 7.92. The van der Waals surface area contributed by atoms with Gasteiger partial charge in [-0.2, -0.15) is 0 Å². The van der Waals surface area contributed by atoms with E-state index in [1.807, 2.05) is 38.1 Å². The zero-order chi connectivity index (χ0) is 23.1. The molecule has 1 aliphatic rings. The SMILES string of the molecule is Cc1ccc(C(=O)COC(=O)C2CCCCC2C(=O)OCC(=O)c2ccc(C)cc2)cc1. The summed E-state index contributed by atoms with van der Waals surface area (Å²) in [5.74, 6) is -3.07. The maximum Gasteiger partial charge on any atom is 0.310 e. The van der Waals surface area contributed by atoms with Crippen LogP contribution in [0.25, 0.3) is 0 Å². The van der Waals surface area contributed by atoms with Crippen LogP contribution in [-0.4, -0.2) is 36.7 Å². The van der Waals surface area contributed by atoms with Crippen LogP contribution in [0.3, 0.4) is 0 Å². The van der Waals surface area contributed by atoms with E-state index in [9.17, 15) is 19.2 Å². The molecule has 0 aliphatic heterocycles. The van der Waals surface area contributed by atoms with Crippen molar-refractivity contribution in [1.29, 1.82) is 0 Å². The highest BCUT2D eigenvalue weighted by atomic mass is 16.5. The summed E-state index contributed by atoms with van der Waals surface area (Å²) in [4.78, 5) is 49.9. The molecular formula is C26H28O6. The van der Waals surface area contributed by atoms with Crippen molar-refractivity contribution in [2.24, 2.45) is 11.8 Å². The maximum atomic E-state index is 12.6. The Bertz CT molecular complexity index is 893. The summed E-state index contributed by atoms with van der Waals surface area (Å²) in [5.41, 5.74) is 3.00. The summed E-state index contributed by atoms with van der Waals surface area (Å²) >= 11 is 0. The van der Waals surface area contributed by atoms with E-state index in [4.69, 9.17) is 9.47 Å². The van der Waals surface area contributed by atoms with Gasteiger partial charge >= 0.3 is 11.9 Å². The second-order valence-corrected chi connectivity index (χ2v) is 8.29. The quantitative estimate of drug-likeness (QED) is 0.454. The number of hydrogen-bond acceptors (Lipinski definition) is 6. The molecule has 0 amide bonds. The molecule has 2 aromatic rings. The van der Waals surface area contributed by atoms with Crippen molar-refractivity contribution in [2.45, 2.75) is 39.5 Å². The Morgan fingerprint density at radius 3 is 1.34 bits per heavy atom. The van der Waals surface area contributed by atoms with E-state index in [1.54, 1.807) is 24.3 Å². The number of rotatable bonds is 8. The predicted octanol–water partition coefficient (Wildman–Crippen LogP) is 4.26. The van der Waals surface area contributed by atoms with Gasteiger partial charge in [-0.25, -0.2) is 0 Å². The van der Waals surface area contributed by atoms with Crippen molar-refractivity contribution in [2.75, 3.05) is 13.2 Å². The lowest BCUT2D eigenvalue weighted by molar-refractivity contribution is -0.161. The van der Waals surface area contributed by atoms with Gasteiger partial charge in [-0.15, -0.1) is 0 Å². The topological polar surface area (TPSA) is 86.7 Å². The van der Waals surface area contributed by atoms with Crippen LogP contribution in [0.4, 0.5) is 0 Å². The van der Waals surface area contributed by atoms with E-state index in [0.717, 1.165) is 24.0 Å². The number of hydrogen-bond donors (Lipinski definition) is 0. The number of carbonyl (C=O) groups excluding carboxylic acids is 4. The van der Waals surface area contributed by atoms with Crippen LogP contribution in [-0.2, 0) is 19.1 Å². The first-order chi connectivity index (χ1) is 15.3. The van der Waals surface area contributed by atoms with Gasteiger partial charge in [-0.3, -0.25) is 19.2 Å². The van der Waals surface area contributed by atoms with E-state index in [2.05, 4.69) is 0 Å². The smallest absolute Gasteiger partial charge is 0.310 e. The molecule has 1 fully saturated rings. The Labute approximate surface area is 187 Å². The standard InChI is InChI=1S/C26H28O6/c1-17-7-11-19(12-8-17)23(27)15-31-25(29)21-5-3-4-6-22(21)26(30)32-16-24(28)20-13-9-18(2)10-14-20/h7-14,21-22H,3-6,15-16H2,1-2H3. The van der Waals surface area contributed by atoms with Gasteiger partial charge in [0.15, 0.2) is 24.8 Å². The zero-order valence-corrected chi connectivity index (χ0v) is 18.5. The molecule has 0 radical (unpaired) electrons. The minimum Gasteiger partial charge on any atom is -0.457 e. The number of carbonyl (C=O) groups is 4. The summed E-state index contributed by atoms with van der Waals surface area (Å²) < 4.78 is 10.5. The molecule has 32 heavy (non-hydrogen) atoms. The van der Waals surface area contributed by atoms with Gasteiger partial charge in [0.2, 0.25) is 0 Å². The Balaban J connectivity index is 1.54. The summed E-state index contributed by atoms with van der Waals surface area (Å²) in [6.07, 6.45) is 2.56. The molecule has 3 rings (SSSR count). The second kappa shape index (κ2) is 10.8. The highest BCUT2D eigenvalue weighted by Gasteiger charge is 2.38. The van der Waals surface area contributed by atoms with Gasteiger partial charge in [0.1, 0.15) is 0 Å². The van der Waals surface area contributed by atoms with Gasteiger partial charge in [-0.05, 0) is 26.7 Å². The lowest BCUT2D eigenvalue weighted by Gasteiger charge is -2.28. The van der Waals surface area contributed by atoms with Crippen LogP contribution in [0.1, 0.15) is 57.5 Å². The molecule has 0 saturated heterocycles. The van der Waals surface area contributed by atoms with Crippen molar-refractivity contribution in [3.05, 3.63) is 70.8 Å². The minimum atomic E-state index is -0.670. The van der Waals surface area contributed by atoms with Crippen LogP contribution in [0.2, 0.25) is 0 Å². The fourth-order valence-corrected chi connectivity index (χ4v) is 3.83. The molecule has 6 nitrogen and oxygen atoms in total. The van der Waals surface area contributed by atoms with E-state index >= 15 is 0 Å². The van der Waals surface area contributed by atoms with Crippen LogP contribution in [0, 0.1) is 25.7 Å². The molecule has 0 aromatic heterocycles. The average molecular weight is 437 g/mol. The van der Waals surface area contributed by atoms with Crippen molar-refractivity contribution in [3.8, 4) is 0 Å². The summed E-state index contributed by atoms with van der Waals surface area (Å²) in [7, 11) is 0. The molecule has 168 valence electrons. The molecule has 0 heterocycles. The lowest BCUT2D eigenvalue weighted by atomic mass is 9.79. The Morgan fingerprint density at radius 1 is 0.656 bits per heavy atom. The molecule has 2 aromatic carbocycles. The molecule has 1 aliphatic carbocycles. The number of ether oxygens (including phenoxy) is 2. The summed E-state index contributed by atoms with van der Waals surface area (Å²) in [6.45, 7) is 3.11. The Hall–Kier alpha value is -3.28. The Morgan fingerprint density at radius 2 is 1.00 bits per heavy atom. The van der Waals surface area contributed by atoms with Gasteiger partial charge in [0, 0.05) is 11.1 Å². The number of benzene rings is 2. The largest absolute Gasteiger partial charge is 0.457 e. The van der Waals surface area contributed by atoms with Gasteiger partial charge < -0.3 is 9.47 Å². The van der Waals surface area contributed by atoms with Gasteiger partial charge in [0.25, 0.3) is 0 Å². The third-order valence-corrected chi connectivity index (χ3v) is 5.81. The van der Waals surface area contributed by atoms with Crippen molar-refractivity contribution >= 4 is 23.5 Å². The van der Waals surface area contributed by atoms with Gasteiger partial charge in [0.05, 0.1) is 11.8 Å². The molecule has 1 saturated carbocycles. The number of aryl methyl sites for hydroxylation is 2. The molecule has 0 N–H and O–H groups in total. The lowest BCUT2D eigenvalue weighted by Crippen LogP contribution is -2.36. The maximum absolute atomic E-state index is 12.6. The first-order valence-corrected chi connectivity index (χ1v) is 10.9.